The monoisotopic (exact) mass is 526 g/mol. The fourth-order valence-electron chi connectivity index (χ4n) is 2.98. The van der Waals surface area contributed by atoms with E-state index in [-0.39, 0.29) is 45.9 Å². The Kier molecular flexibility index (Phi) is 18.5. The summed E-state index contributed by atoms with van der Waals surface area (Å²) in [6, 6.07) is 0. The second-order valence-electron chi connectivity index (χ2n) is 8.11. The molecule has 10 nitrogen and oxygen atoms in total. The van der Waals surface area contributed by atoms with E-state index < -0.39 is 23.7 Å². The van der Waals surface area contributed by atoms with Gasteiger partial charge < -0.3 is 33.2 Å². The summed E-state index contributed by atoms with van der Waals surface area (Å²) in [4.78, 5) is 33.2. The van der Waals surface area contributed by atoms with Gasteiger partial charge in [0.15, 0.2) is 12.1 Å². The third-order valence-electron chi connectivity index (χ3n) is 4.81. The lowest BCUT2D eigenvalue weighted by atomic mass is 9.94. The predicted molar refractivity (Wildman–Crippen MR) is 137 cm³/mol. The van der Waals surface area contributed by atoms with Crippen molar-refractivity contribution >= 4 is 17.9 Å². The zero-order valence-electron chi connectivity index (χ0n) is 22.4. The number of hydrogen-bond acceptors (Lipinski definition) is 10. The first-order valence-corrected chi connectivity index (χ1v) is 12.2. The van der Waals surface area contributed by atoms with E-state index >= 15 is 0 Å². The number of hydrogen-bond donors (Lipinski definition) is 0. The molecule has 210 valence electrons. The van der Waals surface area contributed by atoms with Gasteiger partial charge in [0, 0.05) is 30.1 Å². The van der Waals surface area contributed by atoms with E-state index in [4.69, 9.17) is 28.4 Å². The molecule has 0 amide bonds. The molecule has 0 heterocycles. The Balaban J connectivity index is 0.000000845. The van der Waals surface area contributed by atoms with Crippen molar-refractivity contribution in [1.82, 2.24) is 0 Å². The van der Waals surface area contributed by atoms with E-state index in [0.29, 0.717) is 11.1 Å². The van der Waals surface area contributed by atoms with Crippen molar-refractivity contribution in [3.05, 3.63) is 49.8 Å². The van der Waals surface area contributed by atoms with E-state index in [0.717, 1.165) is 38.2 Å². The quantitative estimate of drug-likeness (QED) is 0.0683. The number of ether oxygens (including phenoxy) is 7. The van der Waals surface area contributed by atoms with E-state index in [1.807, 2.05) is 0 Å². The molecule has 0 aliphatic heterocycles. The minimum atomic E-state index is -0.691. The van der Waals surface area contributed by atoms with Crippen molar-refractivity contribution in [2.75, 3.05) is 39.6 Å². The molecular weight excluding hydrogens is 484 g/mol. The summed E-state index contributed by atoms with van der Waals surface area (Å²) in [5, 5.41) is 0. The maximum atomic E-state index is 11.3. The van der Waals surface area contributed by atoms with Crippen LogP contribution in [0.2, 0.25) is 0 Å². The minimum absolute atomic E-state index is 0.154. The average molecular weight is 527 g/mol. The summed E-state index contributed by atoms with van der Waals surface area (Å²) in [7, 11) is 0. The average Bonchev–Trinajstić information content (AvgIpc) is 2.87. The van der Waals surface area contributed by atoms with Crippen molar-refractivity contribution in [3.63, 3.8) is 0 Å². The molecule has 0 aromatic carbocycles. The molecule has 1 saturated carbocycles. The summed E-state index contributed by atoms with van der Waals surface area (Å²) in [5.41, 5.74) is 0.718. The van der Waals surface area contributed by atoms with Crippen molar-refractivity contribution in [2.24, 2.45) is 0 Å². The third kappa shape index (κ3) is 17.2. The van der Waals surface area contributed by atoms with Gasteiger partial charge in [0.25, 0.3) is 0 Å². The van der Waals surface area contributed by atoms with E-state index in [2.05, 4.69) is 31.1 Å². The van der Waals surface area contributed by atoms with Crippen LogP contribution in [0.1, 0.15) is 52.9 Å². The van der Waals surface area contributed by atoms with Crippen LogP contribution >= 0.6 is 0 Å². The van der Waals surface area contributed by atoms with Crippen LogP contribution in [0.4, 0.5) is 0 Å². The van der Waals surface area contributed by atoms with Crippen LogP contribution in [0.15, 0.2) is 49.8 Å². The maximum Gasteiger partial charge on any atom is 0.333 e. The molecule has 1 rings (SSSR count). The summed E-state index contributed by atoms with van der Waals surface area (Å²) < 4.78 is 36.4. The largest absolute Gasteiger partial charge is 0.473 e. The van der Waals surface area contributed by atoms with Crippen LogP contribution < -0.4 is 0 Å². The summed E-state index contributed by atoms with van der Waals surface area (Å²) in [5.74, 6) is -2.00. The molecule has 1 fully saturated rings. The van der Waals surface area contributed by atoms with Gasteiger partial charge in [-0.05, 0) is 33.6 Å². The molecule has 10 heteroatoms. The molecule has 0 bridgehead atoms. The van der Waals surface area contributed by atoms with E-state index in [9.17, 15) is 14.4 Å². The van der Waals surface area contributed by atoms with Gasteiger partial charge in [-0.15, -0.1) is 0 Å². The van der Waals surface area contributed by atoms with Crippen LogP contribution in [0, 0.1) is 0 Å². The van der Waals surface area contributed by atoms with Gasteiger partial charge in [0.05, 0.1) is 26.1 Å². The van der Waals surface area contributed by atoms with Gasteiger partial charge in [0.2, 0.25) is 0 Å². The molecule has 1 aliphatic carbocycles. The second-order valence-corrected chi connectivity index (χ2v) is 8.11. The second kappa shape index (κ2) is 20.1. The number of rotatable bonds is 17. The highest BCUT2D eigenvalue weighted by Gasteiger charge is 2.34. The van der Waals surface area contributed by atoms with E-state index in [1.54, 1.807) is 20.8 Å². The molecule has 0 radical (unpaired) electrons. The lowest BCUT2D eigenvalue weighted by molar-refractivity contribution is -0.258. The van der Waals surface area contributed by atoms with Gasteiger partial charge in [-0.25, -0.2) is 14.4 Å². The first-order valence-electron chi connectivity index (χ1n) is 12.2. The highest BCUT2D eigenvalue weighted by molar-refractivity contribution is 5.87. The zero-order chi connectivity index (χ0) is 28.1. The number of carbonyl (C=O) groups is 3. The smallest absolute Gasteiger partial charge is 0.333 e. The third-order valence-corrected chi connectivity index (χ3v) is 4.81. The Hall–Kier alpha value is -2.95. The molecule has 37 heavy (non-hydrogen) atoms. The Bertz CT molecular complexity index is 716. The van der Waals surface area contributed by atoms with Crippen molar-refractivity contribution in [3.8, 4) is 0 Å². The number of carbonyl (C=O) groups excluding carboxylic acids is 3. The van der Waals surface area contributed by atoms with Gasteiger partial charge in [-0.2, -0.15) is 0 Å². The maximum absolute atomic E-state index is 11.3. The first-order chi connectivity index (χ1) is 17.6. The minimum Gasteiger partial charge on any atom is -0.473 e. The van der Waals surface area contributed by atoms with Crippen molar-refractivity contribution in [2.45, 2.75) is 65.0 Å². The molecule has 1 unspecified atom stereocenters. The Morgan fingerprint density at radius 2 is 1.27 bits per heavy atom. The van der Waals surface area contributed by atoms with Crippen LogP contribution in [0.25, 0.3) is 0 Å². The Labute approximate surface area is 220 Å². The standard InChI is InChI=1S/C18H28O6.C9H14O4/c1-14(2)16(19)21-10-12-23-18(8-6-5-7-9-18)24-13-11-22-17(20)15(3)4;1-4-9(10)13-7-6-12-8(3)11-5-2/h1,3,5-13H2,2,4H3;4-5,8H,1-2,6-7H2,3H3. The fraction of sp³-hybridized carbons (Fsp3) is 0.593. The van der Waals surface area contributed by atoms with Crippen LogP contribution in [-0.2, 0) is 47.5 Å². The summed E-state index contributed by atoms with van der Waals surface area (Å²) >= 11 is 0. The van der Waals surface area contributed by atoms with Gasteiger partial charge in [-0.3, -0.25) is 0 Å². The molecule has 0 aromatic rings. The zero-order valence-corrected chi connectivity index (χ0v) is 22.4. The van der Waals surface area contributed by atoms with Gasteiger partial charge in [-0.1, -0.05) is 32.7 Å². The normalized spacial score (nSPS) is 14.6. The van der Waals surface area contributed by atoms with Crippen LogP contribution in [0.3, 0.4) is 0 Å². The molecule has 0 N–H and O–H groups in total. The topological polar surface area (TPSA) is 116 Å². The van der Waals surface area contributed by atoms with Gasteiger partial charge >= 0.3 is 17.9 Å². The summed E-state index contributed by atoms with van der Waals surface area (Å²) in [6.07, 6.45) is 6.73. The molecular formula is C27H42O10. The van der Waals surface area contributed by atoms with Gasteiger partial charge in [0.1, 0.15) is 19.8 Å². The Morgan fingerprint density at radius 1 is 0.784 bits per heavy atom. The van der Waals surface area contributed by atoms with Crippen LogP contribution in [-0.4, -0.2) is 69.6 Å². The highest BCUT2D eigenvalue weighted by atomic mass is 16.7. The highest BCUT2D eigenvalue weighted by Crippen LogP contribution is 2.32. The van der Waals surface area contributed by atoms with Crippen molar-refractivity contribution in [1.29, 1.82) is 0 Å². The SMILES string of the molecule is C=C(C)C(=O)OCCOC1(OCCOC(=O)C(=C)C)CCCCC1.C=COC(C)OCCOC(=O)C=C. The number of esters is 3. The fourth-order valence-corrected chi connectivity index (χ4v) is 2.98. The molecule has 0 aromatic heterocycles. The van der Waals surface area contributed by atoms with Crippen molar-refractivity contribution < 1.29 is 47.5 Å². The lowest BCUT2D eigenvalue weighted by Gasteiger charge is -2.36. The summed E-state index contributed by atoms with van der Waals surface area (Å²) in [6.45, 7) is 19.9. The molecule has 0 saturated heterocycles. The van der Waals surface area contributed by atoms with Crippen LogP contribution in [0.5, 0.6) is 0 Å². The lowest BCUT2D eigenvalue weighted by Crippen LogP contribution is -2.40. The molecule has 1 aliphatic rings. The first kappa shape index (κ1) is 34.0. The molecule has 1 atom stereocenters. The predicted octanol–water partition coefficient (Wildman–Crippen LogP) is 4.16. The Morgan fingerprint density at radius 3 is 1.70 bits per heavy atom. The molecule has 0 spiro atoms. The van der Waals surface area contributed by atoms with E-state index in [1.165, 1.54) is 6.26 Å².